The van der Waals surface area contributed by atoms with Crippen molar-refractivity contribution in [1.29, 1.82) is 0 Å². The van der Waals surface area contributed by atoms with Crippen LogP contribution in [-0.4, -0.2) is 27.3 Å². The van der Waals surface area contributed by atoms with E-state index in [1.807, 2.05) is 0 Å². The van der Waals surface area contributed by atoms with Crippen LogP contribution in [0, 0.1) is 19.3 Å². The quantitative estimate of drug-likeness (QED) is 0.887. The van der Waals surface area contributed by atoms with Crippen LogP contribution in [0.4, 0.5) is 5.82 Å². The van der Waals surface area contributed by atoms with Crippen molar-refractivity contribution in [3.63, 3.8) is 0 Å². The molecule has 110 valence electrons. The molecular weight excluding hydrogens is 254 g/mol. The van der Waals surface area contributed by atoms with E-state index in [9.17, 15) is 9.90 Å². The Balaban J connectivity index is 2.34. The molecule has 0 radical (unpaired) electrons. The van der Waals surface area contributed by atoms with E-state index in [-0.39, 0.29) is 17.0 Å². The third kappa shape index (κ3) is 2.76. The molecule has 0 saturated heterocycles. The molecule has 1 atom stereocenters. The second-order valence-electron chi connectivity index (χ2n) is 6.37. The van der Waals surface area contributed by atoms with Gasteiger partial charge in [0.2, 0.25) is 0 Å². The lowest BCUT2D eigenvalue weighted by atomic mass is 9.73. The molecule has 1 aliphatic carbocycles. The zero-order chi connectivity index (χ0) is 14.9. The van der Waals surface area contributed by atoms with E-state index in [1.165, 1.54) is 12.8 Å². The minimum Gasteiger partial charge on any atom is -0.478 e. The van der Waals surface area contributed by atoms with Gasteiger partial charge in [0.15, 0.2) is 5.82 Å². The van der Waals surface area contributed by atoms with Gasteiger partial charge in [0.1, 0.15) is 5.56 Å². The van der Waals surface area contributed by atoms with E-state index in [2.05, 4.69) is 29.4 Å². The summed E-state index contributed by atoms with van der Waals surface area (Å²) in [5.74, 6) is -0.544. The minimum atomic E-state index is -0.948. The Kier molecular flexibility index (Phi) is 3.97. The molecule has 1 aliphatic rings. The van der Waals surface area contributed by atoms with Gasteiger partial charge in [0.25, 0.3) is 0 Å². The van der Waals surface area contributed by atoms with Crippen LogP contribution in [-0.2, 0) is 0 Å². The topological polar surface area (TPSA) is 75.1 Å². The van der Waals surface area contributed by atoms with Gasteiger partial charge in [0, 0.05) is 6.04 Å². The maximum atomic E-state index is 11.5. The van der Waals surface area contributed by atoms with Crippen molar-refractivity contribution in [3.05, 3.63) is 16.8 Å². The van der Waals surface area contributed by atoms with E-state index < -0.39 is 5.97 Å². The lowest BCUT2D eigenvalue weighted by Crippen LogP contribution is -2.39. The summed E-state index contributed by atoms with van der Waals surface area (Å²) in [4.78, 5) is 11.5. The van der Waals surface area contributed by atoms with Crippen molar-refractivity contribution in [1.82, 2.24) is 10.2 Å². The van der Waals surface area contributed by atoms with Gasteiger partial charge in [-0.05, 0) is 37.7 Å². The number of hydrogen-bond acceptors (Lipinski definition) is 4. The van der Waals surface area contributed by atoms with E-state index in [0.717, 1.165) is 12.8 Å². The van der Waals surface area contributed by atoms with E-state index >= 15 is 0 Å². The Morgan fingerprint density at radius 1 is 1.30 bits per heavy atom. The number of aromatic nitrogens is 2. The summed E-state index contributed by atoms with van der Waals surface area (Å²) in [6, 6.07) is 0.241. The number of carboxylic acids is 1. The first kappa shape index (κ1) is 14.8. The molecule has 0 bridgehead atoms. The Labute approximate surface area is 119 Å². The van der Waals surface area contributed by atoms with Crippen LogP contribution in [0.25, 0.3) is 0 Å². The highest BCUT2D eigenvalue weighted by Gasteiger charge is 2.33. The molecule has 1 saturated carbocycles. The fourth-order valence-electron chi connectivity index (χ4n) is 2.90. The van der Waals surface area contributed by atoms with Crippen LogP contribution in [0.2, 0.25) is 0 Å². The molecule has 1 aromatic rings. The van der Waals surface area contributed by atoms with E-state index in [4.69, 9.17) is 0 Å². The lowest BCUT2D eigenvalue weighted by Gasteiger charge is -2.39. The fourth-order valence-corrected chi connectivity index (χ4v) is 2.90. The fraction of sp³-hybridized carbons (Fsp3) is 0.667. The van der Waals surface area contributed by atoms with Gasteiger partial charge < -0.3 is 10.4 Å². The Bertz CT molecular complexity index is 526. The summed E-state index contributed by atoms with van der Waals surface area (Å²) in [6.45, 7) is 8.01. The predicted molar refractivity (Wildman–Crippen MR) is 78.1 cm³/mol. The standard InChI is InChI=1S/C15H23N3O2/c1-9-10(2)17-18-13(12(9)14(19)20)16-11-7-5-6-8-15(11,3)4/h11H,5-8H2,1-4H3,(H,16,18)(H,19,20). The molecule has 0 aromatic carbocycles. The molecule has 5 nitrogen and oxygen atoms in total. The highest BCUT2D eigenvalue weighted by molar-refractivity contribution is 5.94. The number of anilines is 1. The van der Waals surface area contributed by atoms with Crippen molar-refractivity contribution in [2.24, 2.45) is 5.41 Å². The molecule has 20 heavy (non-hydrogen) atoms. The highest BCUT2D eigenvalue weighted by Crippen LogP contribution is 2.37. The first-order valence-electron chi connectivity index (χ1n) is 7.16. The van der Waals surface area contributed by atoms with Gasteiger partial charge in [-0.2, -0.15) is 5.10 Å². The summed E-state index contributed by atoms with van der Waals surface area (Å²) in [7, 11) is 0. The van der Waals surface area contributed by atoms with Gasteiger partial charge in [-0.1, -0.05) is 26.7 Å². The van der Waals surface area contributed by atoms with Crippen LogP contribution >= 0.6 is 0 Å². The monoisotopic (exact) mass is 277 g/mol. The molecule has 5 heteroatoms. The molecule has 1 fully saturated rings. The molecule has 2 rings (SSSR count). The normalized spacial score (nSPS) is 21.5. The molecule has 1 aromatic heterocycles. The second kappa shape index (κ2) is 5.38. The lowest BCUT2D eigenvalue weighted by molar-refractivity contribution is 0.0696. The second-order valence-corrected chi connectivity index (χ2v) is 6.37. The Hall–Kier alpha value is -1.65. The van der Waals surface area contributed by atoms with E-state index in [1.54, 1.807) is 13.8 Å². The molecule has 0 spiro atoms. The van der Waals surface area contributed by atoms with Crippen molar-refractivity contribution >= 4 is 11.8 Å². The molecule has 2 N–H and O–H groups in total. The third-order valence-corrected chi connectivity index (χ3v) is 4.49. The largest absolute Gasteiger partial charge is 0.478 e. The summed E-state index contributed by atoms with van der Waals surface area (Å²) < 4.78 is 0. The van der Waals surface area contributed by atoms with Gasteiger partial charge in [0.05, 0.1) is 5.69 Å². The van der Waals surface area contributed by atoms with Crippen molar-refractivity contribution in [3.8, 4) is 0 Å². The van der Waals surface area contributed by atoms with Crippen LogP contribution in [0.5, 0.6) is 0 Å². The van der Waals surface area contributed by atoms with Crippen LogP contribution in [0.1, 0.15) is 61.1 Å². The molecule has 0 aliphatic heterocycles. The van der Waals surface area contributed by atoms with Crippen LogP contribution < -0.4 is 5.32 Å². The summed E-state index contributed by atoms with van der Waals surface area (Å²) >= 11 is 0. The molecular formula is C15H23N3O2. The summed E-state index contributed by atoms with van der Waals surface area (Å²) in [6.07, 6.45) is 4.59. The SMILES string of the molecule is Cc1nnc(NC2CCCCC2(C)C)c(C(=O)O)c1C. The van der Waals surface area contributed by atoms with Crippen molar-refractivity contribution in [2.45, 2.75) is 59.4 Å². The number of carbonyl (C=O) groups is 1. The molecule has 0 amide bonds. The number of nitrogens with one attached hydrogen (secondary N) is 1. The predicted octanol–water partition coefficient (Wildman–Crippen LogP) is 3.17. The zero-order valence-electron chi connectivity index (χ0n) is 12.7. The Morgan fingerprint density at radius 3 is 2.60 bits per heavy atom. The van der Waals surface area contributed by atoms with Crippen molar-refractivity contribution in [2.75, 3.05) is 5.32 Å². The minimum absolute atomic E-state index is 0.147. The van der Waals surface area contributed by atoms with Gasteiger partial charge in [-0.15, -0.1) is 5.10 Å². The number of hydrogen-bond donors (Lipinski definition) is 2. The number of nitrogens with zero attached hydrogens (tertiary/aromatic N) is 2. The van der Waals surface area contributed by atoms with Gasteiger partial charge in [-0.3, -0.25) is 0 Å². The van der Waals surface area contributed by atoms with Gasteiger partial charge in [-0.25, -0.2) is 4.79 Å². The maximum Gasteiger partial charge on any atom is 0.339 e. The van der Waals surface area contributed by atoms with Crippen LogP contribution in [0.15, 0.2) is 0 Å². The number of carboxylic acid groups (broad SMARTS) is 1. The first-order valence-corrected chi connectivity index (χ1v) is 7.16. The molecule has 1 unspecified atom stereocenters. The van der Waals surface area contributed by atoms with Gasteiger partial charge >= 0.3 is 5.97 Å². The number of aryl methyl sites for hydroxylation is 1. The van der Waals surface area contributed by atoms with Crippen molar-refractivity contribution < 1.29 is 9.90 Å². The smallest absolute Gasteiger partial charge is 0.339 e. The van der Waals surface area contributed by atoms with Crippen LogP contribution in [0.3, 0.4) is 0 Å². The first-order chi connectivity index (χ1) is 9.33. The zero-order valence-corrected chi connectivity index (χ0v) is 12.7. The highest BCUT2D eigenvalue weighted by atomic mass is 16.4. The Morgan fingerprint density at radius 2 is 2.00 bits per heavy atom. The summed E-state index contributed by atoms with van der Waals surface area (Å²) in [5.41, 5.74) is 1.74. The summed E-state index contributed by atoms with van der Waals surface area (Å²) in [5, 5.41) is 20.9. The van der Waals surface area contributed by atoms with E-state index in [0.29, 0.717) is 17.1 Å². The molecule has 1 heterocycles. The maximum absolute atomic E-state index is 11.5. The third-order valence-electron chi connectivity index (χ3n) is 4.49. The number of rotatable bonds is 3. The average molecular weight is 277 g/mol. The average Bonchev–Trinajstić information content (AvgIpc) is 2.36. The number of aromatic carboxylic acids is 1.